The van der Waals surface area contributed by atoms with Gasteiger partial charge < -0.3 is 0 Å². The minimum atomic E-state index is 0.914. The summed E-state index contributed by atoms with van der Waals surface area (Å²) in [5.74, 6) is 2.79. The van der Waals surface area contributed by atoms with Crippen LogP contribution in [0.25, 0.3) is 0 Å². The second-order valence-corrected chi connectivity index (χ2v) is 1.99. The van der Waals surface area contributed by atoms with Gasteiger partial charge >= 0.3 is 0 Å². The Morgan fingerprint density at radius 2 is 2.22 bits per heavy atom. The normalized spacial score (nSPS) is 7.67. The van der Waals surface area contributed by atoms with Gasteiger partial charge in [0.1, 0.15) is 0 Å². The quantitative estimate of drug-likeness (QED) is 0.322. The minimum absolute atomic E-state index is 0.914. The highest BCUT2D eigenvalue weighted by atomic mass is 35.5. The summed E-state index contributed by atoms with van der Waals surface area (Å²) in [6.45, 7) is 3.62. The van der Waals surface area contributed by atoms with E-state index in [-0.39, 0.29) is 0 Å². The molecule has 0 amide bonds. The van der Waals surface area contributed by atoms with Gasteiger partial charge in [-0.25, -0.2) is 0 Å². The molecule has 1 heteroatoms. The van der Waals surface area contributed by atoms with Crippen LogP contribution in [-0.2, 0) is 0 Å². The van der Waals surface area contributed by atoms with Gasteiger partial charge in [0.15, 0.2) is 0 Å². The lowest BCUT2D eigenvalue weighted by molar-refractivity contribution is 0.773. The van der Waals surface area contributed by atoms with Crippen molar-refractivity contribution in [2.75, 3.05) is 0 Å². The van der Waals surface area contributed by atoms with E-state index in [1.54, 1.807) is 0 Å². The molecule has 0 radical (unpaired) electrons. The van der Waals surface area contributed by atoms with Crippen LogP contribution < -0.4 is 0 Å². The Balaban J connectivity index is 2.88. The van der Waals surface area contributed by atoms with Crippen LogP contribution in [-0.4, -0.2) is 0 Å². The third kappa shape index (κ3) is 7.59. The predicted octanol–water partition coefficient (Wildman–Crippen LogP) is 2.93. The minimum Gasteiger partial charge on any atom is -0.103 e. The summed E-state index contributed by atoms with van der Waals surface area (Å²) >= 11 is 5.13. The first kappa shape index (κ1) is 8.59. The molecule has 0 saturated heterocycles. The predicted molar refractivity (Wildman–Crippen MR) is 42.3 cm³/mol. The Kier molecular flexibility index (Phi) is 7.24. The van der Waals surface area contributed by atoms with Crippen molar-refractivity contribution < 1.29 is 0 Å². The molecule has 0 aliphatic carbocycles. The van der Waals surface area contributed by atoms with E-state index < -0.39 is 0 Å². The average molecular weight is 143 g/mol. The number of halogens is 1. The van der Waals surface area contributed by atoms with E-state index in [0.29, 0.717) is 0 Å². The van der Waals surface area contributed by atoms with Crippen molar-refractivity contribution >= 4 is 11.6 Å². The summed E-state index contributed by atoms with van der Waals surface area (Å²) in [5.41, 5.74) is 0. The van der Waals surface area contributed by atoms with Crippen molar-refractivity contribution in [1.29, 1.82) is 0 Å². The molecule has 9 heavy (non-hydrogen) atoms. The molecule has 0 fully saturated rings. The molecule has 0 heterocycles. The lowest BCUT2D eigenvalue weighted by Gasteiger charge is -1.87. The fourth-order valence-electron chi connectivity index (χ4n) is 0.549. The van der Waals surface area contributed by atoms with Crippen molar-refractivity contribution in [1.82, 2.24) is 0 Å². The molecule has 0 aromatic carbocycles. The topological polar surface area (TPSA) is 0 Å². The van der Waals surface area contributed by atoms with Gasteiger partial charge in [-0.3, -0.25) is 0 Å². The summed E-state index contributed by atoms with van der Waals surface area (Å²) in [4.78, 5) is 0. The van der Waals surface area contributed by atoms with E-state index in [0.717, 1.165) is 19.3 Å². The molecular formula is C8H11Cl. The van der Waals surface area contributed by atoms with Crippen molar-refractivity contribution in [3.63, 3.8) is 0 Å². The zero-order chi connectivity index (χ0) is 6.95. The van der Waals surface area contributed by atoms with Gasteiger partial charge in [0.05, 0.1) is 0 Å². The molecule has 0 aliphatic rings. The molecule has 0 nitrogen and oxygen atoms in total. The van der Waals surface area contributed by atoms with Crippen LogP contribution in [0.2, 0.25) is 0 Å². The SMILES string of the molecule is C=CCCCCC#CCl. The number of allylic oxidation sites excluding steroid dienone is 1. The molecule has 0 saturated carbocycles. The van der Waals surface area contributed by atoms with Crippen molar-refractivity contribution in [3.05, 3.63) is 12.7 Å². The smallest absolute Gasteiger partial charge is 0.0101 e. The second kappa shape index (κ2) is 7.59. The number of hydrogen-bond acceptors (Lipinski definition) is 0. The molecule has 0 N–H and O–H groups in total. The molecule has 0 atom stereocenters. The fraction of sp³-hybridized carbons (Fsp3) is 0.500. The lowest BCUT2D eigenvalue weighted by Crippen LogP contribution is -1.70. The molecule has 50 valence electrons. The molecule has 0 rings (SSSR count). The van der Waals surface area contributed by atoms with E-state index in [1.807, 2.05) is 6.08 Å². The van der Waals surface area contributed by atoms with Gasteiger partial charge in [-0.2, -0.15) is 0 Å². The maximum absolute atomic E-state index is 5.13. The molecule has 0 aliphatic heterocycles. The van der Waals surface area contributed by atoms with Gasteiger partial charge in [0.25, 0.3) is 0 Å². The summed E-state index contributed by atoms with van der Waals surface area (Å²) in [6.07, 6.45) is 6.23. The Labute approximate surface area is 61.9 Å². The van der Waals surface area contributed by atoms with Crippen LogP contribution in [0.1, 0.15) is 25.7 Å². The first-order valence-corrected chi connectivity index (χ1v) is 3.49. The maximum atomic E-state index is 5.13. The summed E-state index contributed by atoms with van der Waals surface area (Å²) in [7, 11) is 0. The molecule has 0 unspecified atom stereocenters. The number of rotatable bonds is 4. The van der Waals surface area contributed by atoms with Crippen LogP contribution in [0.3, 0.4) is 0 Å². The van der Waals surface area contributed by atoms with E-state index in [1.165, 1.54) is 6.42 Å². The Morgan fingerprint density at radius 1 is 1.44 bits per heavy atom. The fourth-order valence-corrected chi connectivity index (χ4v) is 0.644. The van der Waals surface area contributed by atoms with Gasteiger partial charge in [0, 0.05) is 11.8 Å². The standard InChI is InChI=1S/C8H11Cl/c1-2-3-4-5-6-7-8-9/h2H,1,3-6H2. The third-order valence-electron chi connectivity index (χ3n) is 1.03. The summed E-state index contributed by atoms with van der Waals surface area (Å²) < 4.78 is 0. The van der Waals surface area contributed by atoms with Crippen LogP contribution in [0.15, 0.2) is 12.7 Å². The zero-order valence-corrected chi connectivity index (χ0v) is 6.25. The lowest BCUT2D eigenvalue weighted by atomic mass is 10.2. The highest BCUT2D eigenvalue weighted by Crippen LogP contribution is 1.98. The Hall–Kier alpha value is -0.410. The van der Waals surface area contributed by atoms with Gasteiger partial charge in [-0.05, 0) is 30.9 Å². The van der Waals surface area contributed by atoms with E-state index in [9.17, 15) is 0 Å². The van der Waals surface area contributed by atoms with Crippen LogP contribution in [0.4, 0.5) is 0 Å². The first-order valence-electron chi connectivity index (χ1n) is 3.11. The van der Waals surface area contributed by atoms with Crippen molar-refractivity contribution in [2.45, 2.75) is 25.7 Å². The summed E-state index contributed by atoms with van der Waals surface area (Å²) in [6, 6.07) is 0. The largest absolute Gasteiger partial charge is 0.103 e. The Morgan fingerprint density at radius 3 is 2.78 bits per heavy atom. The third-order valence-corrected chi connectivity index (χ3v) is 1.16. The first-order chi connectivity index (χ1) is 4.41. The van der Waals surface area contributed by atoms with Crippen LogP contribution >= 0.6 is 11.6 Å². The molecular weight excluding hydrogens is 132 g/mol. The highest BCUT2D eigenvalue weighted by molar-refractivity contribution is 6.30. The average Bonchev–Trinajstić information content (AvgIpc) is 1.89. The maximum Gasteiger partial charge on any atom is 0.0101 e. The molecule has 0 aromatic heterocycles. The van der Waals surface area contributed by atoms with Gasteiger partial charge in [-0.1, -0.05) is 12.0 Å². The van der Waals surface area contributed by atoms with E-state index in [2.05, 4.69) is 17.9 Å². The summed E-state index contributed by atoms with van der Waals surface area (Å²) in [5, 5.41) is 2.34. The van der Waals surface area contributed by atoms with Gasteiger partial charge in [-0.15, -0.1) is 6.58 Å². The van der Waals surface area contributed by atoms with E-state index >= 15 is 0 Å². The molecule has 0 bridgehead atoms. The Bertz CT molecular complexity index is 116. The van der Waals surface area contributed by atoms with Gasteiger partial charge in [0.2, 0.25) is 0 Å². The van der Waals surface area contributed by atoms with Crippen molar-refractivity contribution in [3.8, 4) is 11.3 Å². The van der Waals surface area contributed by atoms with E-state index in [4.69, 9.17) is 11.6 Å². The monoisotopic (exact) mass is 142 g/mol. The number of unbranched alkanes of at least 4 members (excludes halogenated alkanes) is 3. The van der Waals surface area contributed by atoms with Crippen LogP contribution in [0.5, 0.6) is 0 Å². The van der Waals surface area contributed by atoms with Crippen molar-refractivity contribution in [2.24, 2.45) is 0 Å². The number of hydrogen-bond donors (Lipinski definition) is 0. The second-order valence-electron chi connectivity index (χ2n) is 1.81. The molecule has 0 spiro atoms. The highest BCUT2D eigenvalue weighted by Gasteiger charge is 1.80. The molecule has 0 aromatic rings. The zero-order valence-electron chi connectivity index (χ0n) is 5.49. The van der Waals surface area contributed by atoms with Crippen LogP contribution in [0, 0.1) is 11.3 Å².